The van der Waals surface area contributed by atoms with Crippen LogP contribution in [-0.2, 0) is 11.2 Å². The fraction of sp³-hybridized carbons (Fsp3) is 0.182. The summed E-state index contributed by atoms with van der Waals surface area (Å²) >= 11 is 0. The molecule has 0 spiro atoms. The fourth-order valence-electron chi connectivity index (χ4n) is 1.72. The predicted octanol–water partition coefficient (Wildman–Crippen LogP) is 0.534. The molecule has 0 aliphatic carbocycles. The van der Waals surface area contributed by atoms with Gasteiger partial charge < -0.3 is 26.0 Å². The number of carboxylic acid groups (broad SMARTS) is 1. The number of carboxylic acids is 1. The molecule has 1 heterocycles. The second-order valence-electron chi connectivity index (χ2n) is 3.82. The van der Waals surface area contributed by atoms with Gasteiger partial charge in [-0.15, -0.1) is 0 Å². The van der Waals surface area contributed by atoms with Crippen LogP contribution >= 0.6 is 0 Å². The molecule has 0 radical (unpaired) electrons. The molecule has 0 aliphatic rings. The van der Waals surface area contributed by atoms with Gasteiger partial charge in [0.05, 0.1) is 5.52 Å². The van der Waals surface area contributed by atoms with Crippen LogP contribution in [0.3, 0.4) is 0 Å². The van der Waals surface area contributed by atoms with Crippen LogP contribution in [0, 0.1) is 0 Å². The van der Waals surface area contributed by atoms with Crippen molar-refractivity contribution in [3.05, 3.63) is 23.9 Å². The van der Waals surface area contributed by atoms with E-state index in [1.807, 2.05) is 0 Å². The number of hydrogen-bond acceptors (Lipinski definition) is 4. The number of aromatic amines is 1. The number of carbonyl (C=O) groups is 1. The number of aromatic nitrogens is 1. The highest BCUT2D eigenvalue weighted by molar-refractivity contribution is 5.90. The van der Waals surface area contributed by atoms with Gasteiger partial charge in [-0.3, -0.25) is 4.79 Å². The molecule has 0 bridgehead atoms. The molecule has 0 fully saturated rings. The minimum atomic E-state index is -1.08. The van der Waals surface area contributed by atoms with Crippen molar-refractivity contribution in [2.24, 2.45) is 5.73 Å². The predicted molar refractivity (Wildman–Crippen MR) is 60.9 cm³/mol. The van der Waals surface area contributed by atoms with Crippen LogP contribution in [0.25, 0.3) is 10.9 Å². The zero-order valence-electron chi connectivity index (χ0n) is 8.84. The third kappa shape index (κ3) is 1.90. The molecule has 2 rings (SSSR count). The lowest BCUT2D eigenvalue weighted by Gasteiger charge is -2.05. The minimum Gasteiger partial charge on any atom is -0.504 e. The Morgan fingerprint density at radius 2 is 2.12 bits per heavy atom. The molecule has 0 amide bonds. The first-order chi connectivity index (χ1) is 8.00. The van der Waals surface area contributed by atoms with E-state index >= 15 is 0 Å². The number of hydrogen-bond donors (Lipinski definition) is 5. The van der Waals surface area contributed by atoms with E-state index in [0.717, 1.165) is 0 Å². The number of phenolic OH excluding ortho intramolecular Hbond substituents is 2. The Hall–Kier alpha value is -2.21. The molecule has 0 saturated heterocycles. The molecule has 1 atom stereocenters. The van der Waals surface area contributed by atoms with Crippen molar-refractivity contribution in [2.75, 3.05) is 0 Å². The third-order valence-electron chi connectivity index (χ3n) is 2.65. The Balaban J connectivity index is 2.44. The van der Waals surface area contributed by atoms with E-state index in [2.05, 4.69) is 4.98 Å². The van der Waals surface area contributed by atoms with Crippen molar-refractivity contribution >= 4 is 16.9 Å². The van der Waals surface area contributed by atoms with E-state index in [4.69, 9.17) is 10.8 Å². The molecule has 6 heteroatoms. The summed E-state index contributed by atoms with van der Waals surface area (Å²) in [6.07, 6.45) is 1.73. The van der Waals surface area contributed by atoms with Gasteiger partial charge in [0.2, 0.25) is 0 Å². The van der Waals surface area contributed by atoms with Gasteiger partial charge in [0, 0.05) is 18.0 Å². The molecule has 6 nitrogen and oxygen atoms in total. The van der Waals surface area contributed by atoms with E-state index < -0.39 is 12.0 Å². The third-order valence-corrected chi connectivity index (χ3v) is 2.65. The SMILES string of the molecule is N[C@@H](Cc1c[nH]c2c(O)c(O)ccc12)C(=O)O. The van der Waals surface area contributed by atoms with Crippen LogP contribution in [0.4, 0.5) is 0 Å². The molecule has 2 aromatic rings. The van der Waals surface area contributed by atoms with E-state index in [1.165, 1.54) is 6.07 Å². The van der Waals surface area contributed by atoms with Crippen LogP contribution in [0.1, 0.15) is 5.56 Å². The molecule has 17 heavy (non-hydrogen) atoms. The van der Waals surface area contributed by atoms with E-state index in [1.54, 1.807) is 12.3 Å². The van der Waals surface area contributed by atoms with Crippen molar-refractivity contribution < 1.29 is 20.1 Å². The van der Waals surface area contributed by atoms with Crippen LogP contribution in [-0.4, -0.2) is 32.3 Å². The van der Waals surface area contributed by atoms with Crippen LogP contribution in [0.2, 0.25) is 0 Å². The summed E-state index contributed by atoms with van der Waals surface area (Å²) in [5, 5.41) is 28.3. The summed E-state index contributed by atoms with van der Waals surface area (Å²) in [7, 11) is 0. The standard InChI is InChI=1S/C11H12N2O4/c12-7(11(16)17)3-5-4-13-9-6(5)1-2-8(14)10(9)15/h1-2,4,7,13-15H,3,12H2,(H,16,17)/t7-/m0/s1. The van der Waals surface area contributed by atoms with Crippen molar-refractivity contribution in [3.8, 4) is 11.5 Å². The van der Waals surface area contributed by atoms with Gasteiger partial charge in [0.1, 0.15) is 6.04 Å². The number of nitrogens with one attached hydrogen (secondary N) is 1. The van der Waals surface area contributed by atoms with Gasteiger partial charge in [-0.25, -0.2) is 0 Å². The Kier molecular flexibility index (Phi) is 2.64. The van der Waals surface area contributed by atoms with Crippen LogP contribution in [0.15, 0.2) is 18.3 Å². The largest absolute Gasteiger partial charge is 0.504 e. The summed E-state index contributed by atoms with van der Waals surface area (Å²) < 4.78 is 0. The number of aromatic hydroxyl groups is 2. The molecule has 90 valence electrons. The lowest BCUT2D eigenvalue weighted by molar-refractivity contribution is -0.138. The lowest BCUT2D eigenvalue weighted by atomic mass is 10.1. The van der Waals surface area contributed by atoms with Crippen molar-refractivity contribution in [3.63, 3.8) is 0 Å². The van der Waals surface area contributed by atoms with E-state index in [-0.39, 0.29) is 17.9 Å². The van der Waals surface area contributed by atoms with Crippen molar-refractivity contribution in [1.82, 2.24) is 4.98 Å². The minimum absolute atomic E-state index is 0.152. The number of benzene rings is 1. The second-order valence-corrected chi connectivity index (χ2v) is 3.82. The molecular weight excluding hydrogens is 224 g/mol. The second kappa shape index (κ2) is 3.99. The monoisotopic (exact) mass is 236 g/mol. The Labute approximate surface area is 96.3 Å². The zero-order chi connectivity index (χ0) is 12.6. The molecule has 1 aromatic carbocycles. The summed E-state index contributed by atoms with van der Waals surface area (Å²) in [5.41, 5.74) is 6.50. The van der Waals surface area contributed by atoms with Crippen molar-refractivity contribution in [1.29, 1.82) is 0 Å². The maximum atomic E-state index is 10.7. The average Bonchev–Trinajstić information content (AvgIpc) is 2.67. The zero-order valence-corrected chi connectivity index (χ0v) is 8.84. The molecule has 0 aliphatic heterocycles. The molecular formula is C11H12N2O4. The maximum Gasteiger partial charge on any atom is 0.320 e. The van der Waals surface area contributed by atoms with E-state index in [0.29, 0.717) is 16.5 Å². The van der Waals surface area contributed by atoms with E-state index in [9.17, 15) is 15.0 Å². The first kappa shape index (κ1) is 11.3. The van der Waals surface area contributed by atoms with Gasteiger partial charge >= 0.3 is 5.97 Å². The number of H-pyrrole nitrogens is 1. The van der Waals surface area contributed by atoms with Gasteiger partial charge in [-0.2, -0.15) is 0 Å². The number of aliphatic carboxylic acids is 1. The number of fused-ring (bicyclic) bond motifs is 1. The lowest BCUT2D eigenvalue weighted by Crippen LogP contribution is -2.32. The Bertz CT molecular complexity index is 576. The quantitative estimate of drug-likeness (QED) is 0.498. The summed E-state index contributed by atoms with van der Waals surface area (Å²) in [5.74, 6) is -1.56. The highest BCUT2D eigenvalue weighted by Gasteiger charge is 2.16. The van der Waals surface area contributed by atoms with Crippen molar-refractivity contribution in [2.45, 2.75) is 12.5 Å². The molecule has 1 aromatic heterocycles. The summed E-state index contributed by atoms with van der Waals surface area (Å²) in [4.78, 5) is 13.4. The Morgan fingerprint density at radius 1 is 1.41 bits per heavy atom. The smallest absolute Gasteiger partial charge is 0.320 e. The van der Waals surface area contributed by atoms with Gasteiger partial charge in [0.25, 0.3) is 0 Å². The number of nitrogens with two attached hydrogens (primary N) is 1. The number of rotatable bonds is 3. The molecule has 6 N–H and O–H groups in total. The van der Waals surface area contributed by atoms with Gasteiger partial charge in [-0.1, -0.05) is 0 Å². The number of phenols is 2. The maximum absolute atomic E-state index is 10.7. The Morgan fingerprint density at radius 3 is 2.76 bits per heavy atom. The average molecular weight is 236 g/mol. The van der Waals surface area contributed by atoms with Gasteiger partial charge in [-0.05, 0) is 17.7 Å². The first-order valence-corrected chi connectivity index (χ1v) is 5.00. The summed E-state index contributed by atoms with van der Waals surface area (Å²) in [6, 6.07) is 1.96. The van der Waals surface area contributed by atoms with Crippen LogP contribution < -0.4 is 5.73 Å². The highest BCUT2D eigenvalue weighted by Crippen LogP contribution is 2.34. The fourth-order valence-corrected chi connectivity index (χ4v) is 1.72. The van der Waals surface area contributed by atoms with Gasteiger partial charge in [0.15, 0.2) is 11.5 Å². The molecule has 0 unspecified atom stereocenters. The summed E-state index contributed by atoms with van der Waals surface area (Å²) in [6.45, 7) is 0. The topological polar surface area (TPSA) is 120 Å². The van der Waals surface area contributed by atoms with Crippen LogP contribution in [0.5, 0.6) is 11.5 Å². The highest BCUT2D eigenvalue weighted by atomic mass is 16.4. The molecule has 0 saturated carbocycles. The first-order valence-electron chi connectivity index (χ1n) is 5.00. The normalized spacial score (nSPS) is 12.8.